The van der Waals surface area contributed by atoms with Crippen LogP contribution in [0, 0.1) is 11.6 Å². The van der Waals surface area contributed by atoms with Crippen molar-refractivity contribution in [1.29, 1.82) is 0 Å². The van der Waals surface area contributed by atoms with Gasteiger partial charge in [0.2, 0.25) is 0 Å². The van der Waals surface area contributed by atoms with Crippen molar-refractivity contribution in [3.05, 3.63) is 70.4 Å². The van der Waals surface area contributed by atoms with Crippen molar-refractivity contribution in [2.75, 3.05) is 0 Å². The van der Waals surface area contributed by atoms with Gasteiger partial charge < -0.3 is 0 Å². The van der Waals surface area contributed by atoms with Gasteiger partial charge in [0, 0.05) is 11.6 Å². The highest BCUT2D eigenvalue weighted by Crippen LogP contribution is 2.28. The summed E-state index contributed by atoms with van der Waals surface area (Å²) in [6.07, 6.45) is 3.09. The maximum Gasteiger partial charge on any atom is 0.271 e. The minimum absolute atomic E-state index is 0.126. The standard InChI is InChI=1S/C16H9F2N3OS/c17-11-4-3-9(6-12(11)18)7-21-8-20-13-10-2-1-5-19-15(10)23-14(13)16(21)22/h1-6,8H,7H2. The van der Waals surface area contributed by atoms with E-state index in [4.69, 9.17) is 0 Å². The summed E-state index contributed by atoms with van der Waals surface area (Å²) in [6, 6.07) is 7.24. The van der Waals surface area contributed by atoms with Crippen LogP contribution in [-0.2, 0) is 6.54 Å². The molecule has 0 aliphatic carbocycles. The third-order valence-corrected chi connectivity index (χ3v) is 4.65. The van der Waals surface area contributed by atoms with E-state index in [1.165, 1.54) is 28.3 Å². The number of thiophene rings is 1. The van der Waals surface area contributed by atoms with Gasteiger partial charge >= 0.3 is 0 Å². The Balaban J connectivity index is 1.84. The second kappa shape index (κ2) is 5.20. The van der Waals surface area contributed by atoms with Gasteiger partial charge in [-0.15, -0.1) is 11.3 Å². The molecule has 3 aromatic heterocycles. The Morgan fingerprint density at radius 2 is 2.00 bits per heavy atom. The van der Waals surface area contributed by atoms with Crippen molar-refractivity contribution in [2.24, 2.45) is 0 Å². The molecule has 0 unspecified atom stereocenters. The summed E-state index contributed by atoms with van der Waals surface area (Å²) in [5, 5.41) is 0.838. The number of fused-ring (bicyclic) bond motifs is 3. The van der Waals surface area contributed by atoms with Crippen molar-refractivity contribution in [2.45, 2.75) is 6.54 Å². The van der Waals surface area contributed by atoms with Gasteiger partial charge in [-0.3, -0.25) is 9.36 Å². The first-order valence-electron chi connectivity index (χ1n) is 6.80. The lowest BCUT2D eigenvalue weighted by Crippen LogP contribution is -2.20. The smallest absolute Gasteiger partial charge is 0.271 e. The first kappa shape index (κ1) is 14.0. The molecule has 7 heteroatoms. The molecule has 0 aliphatic heterocycles. The maximum atomic E-state index is 13.3. The molecule has 23 heavy (non-hydrogen) atoms. The molecule has 0 atom stereocenters. The van der Waals surface area contributed by atoms with E-state index in [-0.39, 0.29) is 12.1 Å². The average molecular weight is 329 g/mol. The summed E-state index contributed by atoms with van der Waals surface area (Å²) >= 11 is 1.28. The van der Waals surface area contributed by atoms with E-state index in [0.29, 0.717) is 15.8 Å². The van der Waals surface area contributed by atoms with Gasteiger partial charge in [0.15, 0.2) is 11.6 Å². The summed E-state index contributed by atoms with van der Waals surface area (Å²) in [5.74, 6) is -1.85. The number of hydrogen-bond acceptors (Lipinski definition) is 4. The van der Waals surface area contributed by atoms with Crippen LogP contribution < -0.4 is 5.56 Å². The lowest BCUT2D eigenvalue weighted by molar-refractivity contribution is 0.506. The number of rotatable bonds is 2. The van der Waals surface area contributed by atoms with Crippen molar-refractivity contribution >= 4 is 31.8 Å². The fourth-order valence-corrected chi connectivity index (χ4v) is 3.50. The third kappa shape index (κ3) is 2.29. The highest BCUT2D eigenvalue weighted by molar-refractivity contribution is 7.25. The number of nitrogens with zero attached hydrogens (tertiary/aromatic N) is 3. The molecule has 3 heterocycles. The van der Waals surface area contributed by atoms with Gasteiger partial charge in [-0.05, 0) is 29.8 Å². The predicted molar refractivity (Wildman–Crippen MR) is 84.6 cm³/mol. The predicted octanol–water partition coefficient (Wildman–Crippen LogP) is 3.33. The van der Waals surface area contributed by atoms with Gasteiger partial charge in [0.25, 0.3) is 5.56 Å². The second-order valence-corrected chi connectivity index (χ2v) is 6.06. The Hall–Kier alpha value is -2.67. The van der Waals surface area contributed by atoms with Gasteiger partial charge in [-0.1, -0.05) is 6.07 Å². The Morgan fingerprint density at radius 3 is 2.83 bits per heavy atom. The quantitative estimate of drug-likeness (QED) is 0.567. The molecule has 0 saturated heterocycles. The zero-order chi connectivity index (χ0) is 16.0. The number of benzene rings is 1. The van der Waals surface area contributed by atoms with E-state index in [1.807, 2.05) is 6.07 Å². The van der Waals surface area contributed by atoms with Gasteiger partial charge in [-0.2, -0.15) is 0 Å². The van der Waals surface area contributed by atoms with Gasteiger partial charge in [0.1, 0.15) is 9.53 Å². The summed E-state index contributed by atoms with van der Waals surface area (Å²) in [7, 11) is 0. The van der Waals surface area contributed by atoms with Crippen LogP contribution in [0.2, 0.25) is 0 Å². The zero-order valence-corrected chi connectivity index (χ0v) is 12.5. The molecule has 0 spiro atoms. The molecular formula is C16H9F2N3OS. The molecular weight excluding hydrogens is 320 g/mol. The minimum Gasteiger partial charge on any atom is -0.294 e. The van der Waals surface area contributed by atoms with Crippen LogP contribution in [0.25, 0.3) is 20.4 Å². The zero-order valence-electron chi connectivity index (χ0n) is 11.7. The van der Waals surface area contributed by atoms with Crippen LogP contribution in [0.5, 0.6) is 0 Å². The Kier molecular flexibility index (Phi) is 3.16. The average Bonchev–Trinajstić information content (AvgIpc) is 2.93. The fourth-order valence-electron chi connectivity index (χ4n) is 2.45. The maximum absolute atomic E-state index is 13.3. The molecule has 0 saturated carbocycles. The Morgan fingerprint density at radius 1 is 1.13 bits per heavy atom. The summed E-state index contributed by atoms with van der Waals surface area (Å²) in [4.78, 5) is 21.9. The largest absolute Gasteiger partial charge is 0.294 e. The molecule has 4 nitrogen and oxygen atoms in total. The molecule has 0 radical (unpaired) electrons. The van der Waals surface area contributed by atoms with Crippen molar-refractivity contribution in [1.82, 2.24) is 14.5 Å². The molecule has 0 fully saturated rings. The molecule has 4 aromatic rings. The molecule has 0 N–H and O–H groups in total. The summed E-state index contributed by atoms with van der Waals surface area (Å²) < 4.78 is 28.2. The third-order valence-electron chi connectivity index (χ3n) is 3.56. The highest BCUT2D eigenvalue weighted by atomic mass is 32.1. The van der Waals surface area contributed by atoms with Crippen LogP contribution in [0.15, 0.2) is 47.7 Å². The SMILES string of the molecule is O=c1c2sc3ncccc3c2ncn1Cc1ccc(F)c(F)c1. The van der Waals surface area contributed by atoms with Gasteiger partial charge in [0.05, 0.1) is 18.4 Å². The van der Waals surface area contributed by atoms with Crippen molar-refractivity contribution in [3.8, 4) is 0 Å². The van der Waals surface area contributed by atoms with Crippen molar-refractivity contribution < 1.29 is 8.78 Å². The van der Waals surface area contributed by atoms with Crippen LogP contribution >= 0.6 is 11.3 Å². The summed E-state index contributed by atoms with van der Waals surface area (Å²) in [6.45, 7) is 0.126. The fraction of sp³-hybridized carbons (Fsp3) is 0.0625. The molecule has 0 amide bonds. The molecule has 0 bridgehead atoms. The first-order chi connectivity index (χ1) is 11.1. The summed E-state index contributed by atoms with van der Waals surface area (Å²) in [5.41, 5.74) is 0.888. The van der Waals surface area contributed by atoms with E-state index >= 15 is 0 Å². The Bertz CT molecular complexity index is 1100. The first-order valence-corrected chi connectivity index (χ1v) is 7.62. The number of hydrogen-bond donors (Lipinski definition) is 0. The van der Waals surface area contributed by atoms with Crippen LogP contribution in [0.3, 0.4) is 0 Å². The number of aromatic nitrogens is 3. The monoisotopic (exact) mass is 329 g/mol. The number of pyridine rings is 1. The van der Waals surface area contributed by atoms with E-state index in [1.54, 1.807) is 12.3 Å². The second-order valence-electron chi connectivity index (χ2n) is 5.06. The van der Waals surface area contributed by atoms with E-state index < -0.39 is 11.6 Å². The minimum atomic E-state index is -0.935. The normalized spacial score (nSPS) is 11.4. The lowest BCUT2D eigenvalue weighted by atomic mass is 10.2. The molecule has 4 rings (SSSR count). The topological polar surface area (TPSA) is 47.8 Å². The van der Waals surface area contributed by atoms with E-state index in [9.17, 15) is 13.6 Å². The lowest BCUT2D eigenvalue weighted by Gasteiger charge is -2.05. The van der Waals surface area contributed by atoms with Gasteiger partial charge in [-0.25, -0.2) is 18.7 Å². The van der Waals surface area contributed by atoms with Crippen LogP contribution in [-0.4, -0.2) is 14.5 Å². The van der Waals surface area contributed by atoms with Crippen molar-refractivity contribution in [3.63, 3.8) is 0 Å². The molecule has 1 aromatic carbocycles. The molecule has 114 valence electrons. The van der Waals surface area contributed by atoms with E-state index in [0.717, 1.165) is 22.3 Å². The van der Waals surface area contributed by atoms with E-state index in [2.05, 4.69) is 9.97 Å². The highest BCUT2D eigenvalue weighted by Gasteiger charge is 2.12. The Labute approximate surface area is 132 Å². The van der Waals surface area contributed by atoms with Crippen LogP contribution in [0.4, 0.5) is 8.78 Å². The molecule has 0 aliphatic rings. The number of halogens is 2. The van der Waals surface area contributed by atoms with Crippen LogP contribution in [0.1, 0.15) is 5.56 Å².